The van der Waals surface area contributed by atoms with Crippen molar-refractivity contribution >= 4 is 24.2 Å². The quantitative estimate of drug-likeness (QED) is 0.789. The van der Waals surface area contributed by atoms with Gasteiger partial charge in [-0.2, -0.15) is 13.2 Å². The molecule has 3 unspecified atom stereocenters. The molecule has 2 rings (SSSR count). The first-order valence-electron chi connectivity index (χ1n) is 8.53. The molecular formula is C18H25ClF3N3O2. The van der Waals surface area contributed by atoms with Crippen LogP contribution >= 0.6 is 12.4 Å². The number of likely N-dealkylation sites (tertiary alicyclic amines) is 1. The highest BCUT2D eigenvalue weighted by molar-refractivity contribution is 5.85. The van der Waals surface area contributed by atoms with Gasteiger partial charge in [0.05, 0.1) is 17.5 Å². The van der Waals surface area contributed by atoms with Crippen molar-refractivity contribution < 1.29 is 22.8 Å². The molecule has 1 aromatic carbocycles. The highest BCUT2D eigenvalue weighted by atomic mass is 35.5. The van der Waals surface area contributed by atoms with E-state index in [0.717, 1.165) is 12.1 Å². The van der Waals surface area contributed by atoms with Crippen LogP contribution in [0.15, 0.2) is 24.3 Å². The van der Waals surface area contributed by atoms with E-state index in [-0.39, 0.29) is 36.7 Å². The standard InChI is InChI=1S/C18H24F3N3O2.ClH/c1-11(22-2)10-23-17(26)14-8-9-15(25)24(3)16(14)12-4-6-13(7-5-12)18(19,20)21;/h4-7,11,14,16,22H,8-10H2,1-3H3,(H,23,26);1H. The van der Waals surface area contributed by atoms with Crippen molar-refractivity contribution in [3.63, 3.8) is 0 Å². The lowest BCUT2D eigenvalue weighted by Gasteiger charge is -2.38. The molecule has 9 heteroatoms. The normalized spacial score (nSPS) is 21.4. The second-order valence-corrected chi connectivity index (χ2v) is 6.65. The van der Waals surface area contributed by atoms with Crippen molar-refractivity contribution in [3.8, 4) is 0 Å². The summed E-state index contributed by atoms with van der Waals surface area (Å²) in [5, 5.41) is 5.87. The lowest BCUT2D eigenvalue weighted by Crippen LogP contribution is -2.48. The van der Waals surface area contributed by atoms with E-state index in [4.69, 9.17) is 0 Å². The number of alkyl halides is 3. The SMILES string of the molecule is CNC(C)CNC(=O)C1CCC(=O)N(C)C1c1ccc(C(F)(F)F)cc1.Cl. The smallest absolute Gasteiger partial charge is 0.354 e. The van der Waals surface area contributed by atoms with Gasteiger partial charge < -0.3 is 15.5 Å². The Morgan fingerprint density at radius 2 is 1.89 bits per heavy atom. The van der Waals surface area contributed by atoms with Crippen molar-refractivity contribution in [2.75, 3.05) is 20.6 Å². The van der Waals surface area contributed by atoms with Crippen molar-refractivity contribution in [2.24, 2.45) is 5.92 Å². The third kappa shape index (κ3) is 5.59. The molecule has 1 saturated heterocycles. The zero-order chi connectivity index (χ0) is 19.5. The van der Waals surface area contributed by atoms with Crippen LogP contribution in [0.2, 0.25) is 0 Å². The molecule has 0 bridgehead atoms. The summed E-state index contributed by atoms with van der Waals surface area (Å²) in [6.07, 6.45) is -3.81. The van der Waals surface area contributed by atoms with Crippen molar-refractivity contribution in [3.05, 3.63) is 35.4 Å². The third-order valence-corrected chi connectivity index (χ3v) is 4.85. The van der Waals surface area contributed by atoms with E-state index in [1.54, 1.807) is 14.1 Å². The van der Waals surface area contributed by atoms with Crippen molar-refractivity contribution in [1.82, 2.24) is 15.5 Å². The summed E-state index contributed by atoms with van der Waals surface area (Å²) < 4.78 is 38.3. The highest BCUT2D eigenvalue weighted by Crippen LogP contribution is 2.37. The van der Waals surface area contributed by atoms with E-state index in [1.807, 2.05) is 6.92 Å². The molecule has 0 aromatic heterocycles. The summed E-state index contributed by atoms with van der Waals surface area (Å²) in [7, 11) is 3.37. The molecule has 0 aliphatic carbocycles. The van der Waals surface area contributed by atoms with Gasteiger partial charge in [-0.15, -0.1) is 12.4 Å². The Morgan fingerprint density at radius 1 is 1.30 bits per heavy atom. The first-order chi connectivity index (χ1) is 12.1. The fraction of sp³-hybridized carbons (Fsp3) is 0.556. The summed E-state index contributed by atoms with van der Waals surface area (Å²) in [6.45, 7) is 2.35. The number of nitrogens with one attached hydrogen (secondary N) is 2. The van der Waals surface area contributed by atoms with E-state index in [1.165, 1.54) is 17.0 Å². The third-order valence-electron chi connectivity index (χ3n) is 4.85. The average molecular weight is 408 g/mol. The number of hydrogen-bond acceptors (Lipinski definition) is 3. The zero-order valence-electron chi connectivity index (χ0n) is 15.5. The molecule has 152 valence electrons. The average Bonchev–Trinajstić information content (AvgIpc) is 2.60. The molecule has 3 atom stereocenters. The monoisotopic (exact) mass is 407 g/mol. The van der Waals surface area contributed by atoms with Gasteiger partial charge in [-0.3, -0.25) is 9.59 Å². The van der Waals surface area contributed by atoms with Crippen LogP contribution in [-0.4, -0.2) is 43.4 Å². The topological polar surface area (TPSA) is 61.4 Å². The number of hydrogen-bond donors (Lipinski definition) is 2. The van der Waals surface area contributed by atoms with Gasteiger partial charge >= 0.3 is 6.18 Å². The lowest BCUT2D eigenvalue weighted by molar-refractivity contribution is -0.142. The Bertz CT molecular complexity index is 652. The molecule has 27 heavy (non-hydrogen) atoms. The molecule has 1 aliphatic heterocycles. The maximum absolute atomic E-state index is 12.8. The fourth-order valence-corrected chi connectivity index (χ4v) is 3.12. The van der Waals surface area contributed by atoms with E-state index in [2.05, 4.69) is 10.6 Å². The van der Waals surface area contributed by atoms with E-state index in [9.17, 15) is 22.8 Å². The number of rotatable bonds is 5. The molecule has 2 N–H and O–H groups in total. The molecular weight excluding hydrogens is 383 g/mol. The van der Waals surface area contributed by atoms with Gasteiger partial charge in [0.2, 0.25) is 11.8 Å². The van der Waals surface area contributed by atoms with Crippen molar-refractivity contribution in [1.29, 1.82) is 0 Å². The number of nitrogens with zero attached hydrogens (tertiary/aromatic N) is 1. The van der Waals surface area contributed by atoms with Crippen LogP contribution in [0.1, 0.15) is 36.9 Å². The van der Waals surface area contributed by atoms with E-state index < -0.39 is 23.7 Å². The number of carbonyl (C=O) groups is 2. The number of amides is 2. The number of likely N-dealkylation sites (N-methyl/N-ethyl adjacent to an activating group) is 1. The first kappa shape index (κ1) is 23.2. The zero-order valence-corrected chi connectivity index (χ0v) is 16.3. The number of piperidine rings is 1. The molecule has 1 aromatic rings. The molecule has 1 heterocycles. The molecule has 0 saturated carbocycles. The lowest BCUT2D eigenvalue weighted by atomic mass is 9.83. The summed E-state index contributed by atoms with van der Waals surface area (Å²) in [5.74, 6) is -0.822. The van der Waals surface area contributed by atoms with Crippen molar-refractivity contribution in [2.45, 2.75) is 38.0 Å². The Balaban J connectivity index is 0.00000364. The van der Waals surface area contributed by atoms with Crippen LogP contribution in [0.3, 0.4) is 0 Å². The fourth-order valence-electron chi connectivity index (χ4n) is 3.12. The molecule has 1 fully saturated rings. The molecule has 1 aliphatic rings. The molecule has 2 amide bonds. The minimum atomic E-state index is -4.42. The predicted molar refractivity (Wildman–Crippen MR) is 98.5 cm³/mol. The second kappa shape index (κ2) is 9.41. The number of halogens is 4. The first-order valence-corrected chi connectivity index (χ1v) is 8.53. The summed E-state index contributed by atoms with van der Waals surface area (Å²) >= 11 is 0. The largest absolute Gasteiger partial charge is 0.416 e. The maximum Gasteiger partial charge on any atom is 0.416 e. The Morgan fingerprint density at radius 3 is 2.41 bits per heavy atom. The van der Waals surface area contributed by atoms with Gasteiger partial charge in [-0.25, -0.2) is 0 Å². The second-order valence-electron chi connectivity index (χ2n) is 6.65. The number of carbonyl (C=O) groups excluding carboxylic acids is 2. The van der Waals surface area contributed by atoms with E-state index >= 15 is 0 Å². The van der Waals surface area contributed by atoms with Crippen LogP contribution in [0.4, 0.5) is 13.2 Å². The molecule has 5 nitrogen and oxygen atoms in total. The van der Waals surface area contributed by atoms with Gasteiger partial charge in [-0.1, -0.05) is 12.1 Å². The highest BCUT2D eigenvalue weighted by Gasteiger charge is 2.39. The van der Waals surface area contributed by atoms with Gasteiger partial charge in [0, 0.05) is 26.1 Å². The van der Waals surface area contributed by atoms with Crippen LogP contribution in [0, 0.1) is 5.92 Å². The minimum Gasteiger partial charge on any atom is -0.354 e. The Labute approximate surface area is 163 Å². The minimum absolute atomic E-state index is 0. The van der Waals surface area contributed by atoms with Crippen LogP contribution < -0.4 is 10.6 Å². The van der Waals surface area contributed by atoms with Gasteiger partial charge in [0.15, 0.2) is 0 Å². The van der Waals surface area contributed by atoms with Gasteiger partial charge in [0.1, 0.15) is 0 Å². The van der Waals surface area contributed by atoms with Crippen LogP contribution in [-0.2, 0) is 15.8 Å². The Kier molecular flexibility index (Phi) is 8.10. The van der Waals surface area contributed by atoms with Crippen LogP contribution in [0.25, 0.3) is 0 Å². The summed E-state index contributed by atoms with van der Waals surface area (Å²) in [4.78, 5) is 26.2. The van der Waals surface area contributed by atoms with Gasteiger partial charge in [-0.05, 0) is 38.1 Å². The van der Waals surface area contributed by atoms with Gasteiger partial charge in [0.25, 0.3) is 0 Å². The van der Waals surface area contributed by atoms with Crippen LogP contribution in [0.5, 0.6) is 0 Å². The molecule has 0 spiro atoms. The van der Waals surface area contributed by atoms with E-state index in [0.29, 0.717) is 18.5 Å². The predicted octanol–water partition coefficient (Wildman–Crippen LogP) is 2.76. The molecule has 0 radical (unpaired) electrons. The summed E-state index contributed by atoms with van der Waals surface area (Å²) in [6, 6.07) is 4.17. The maximum atomic E-state index is 12.8. The Hall–Kier alpha value is -1.80. The number of benzene rings is 1. The summed E-state index contributed by atoms with van der Waals surface area (Å²) in [5.41, 5.74) is -0.231.